The molecule has 2 N–H and O–H groups in total. The van der Waals surface area contributed by atoms with Gasteiger partial charge in [0.2, 0.25) is 0 Å². The molecule has 0 spiro atoms. The van der Waals surface area contributed by atoms with Crippen LogP contribution in [0.3, 0.4) is 0 Å². The molecule has 0 aromatic heterocycles. The van der Waals surface area contributed by atoms with Gasteiger partial charge >= 0.3 is 6.03 Å². The van der Waals surface area contributed by atoms with Crippen LogP contribution >= 0.6 is 0 Å². The summed E-state index contributed by atoms with van der Waals surface area (Å²) in [7, 11) is 0. The Kier molecular flexibility index (Phi) is 9.84. The minimum absolute atomic E-state index is 0.0139. The second kappa shape index (κ2) is 11.1. The molecule has 0 radical (unpaired) electrons. The molecule has 0 aliphatic carbocycles. The highest BCUT2D eigenvalue weighted by Crippen LogP contribution is 2.38. The van der Waals surface area contributed by atoms with Crippen molar-refractivity contribution in [1.29, 1.82) is 0 Å². The van der Waals surface area contributed by atoms with E-state index in [4.69, 9.17) is 4.74 Å². The Balaban J connectivity index is 2.72. The largest absolute Gasteiger partial charge is 0.381 e. The van der Waals surface area contributed by atoms with Crippen molar-refractivity contribution in [3.8, 4) is 0 Å². The van der Waals surface area contributed by atoms with Gasteiger partial charge in [0.15, 0.2) is 0 Å². The summed E-state index contributed by atoms with van der Waals surface area (Å²) < 4.78 is 5.54. The molecule has 1 rings (SSSR count). The van der Waals surface area contributed by atoms with Gasteiger partial charge in [-0.25, -0.2) is 4.79 Å². The fourth-order valence-electron chi connectivity index (χ4n) is 4.18. The second-order valence-corrected chi connectivity index (χ2v) is 8.49. The molecule has 1 atom stereocenters. The standard InChI is InChI=1S/C21H42N2O2/c1-6-9-18(4)22-19(24)23-21(10-7-2,11-8-3)13-12-20(5)14-16-25-17-15-20/h18H,6-17H2,1-5H3,(H2,22,23,24). The number of nitrogens with one attached hydrogen (secondary N) is 2. The summed E-state index contributed by atoms with van der Waals surface area (Å²) in [4.78, 5) is 12.6. The quantitative estimate of drug-likeness (QED) is 0.521. The van der Waals surface area contributed by atoms with Gasteiger partial charge in [-0.05, 0) is 57.3 Å². The summed E-state index contributed by atoms with van der Waals surface area (Å²) in [6.45, 7) is 12.8. The third-order valence-electron chi connectivity index (χ3n) is 5.84. The Labute approximate surface area is 155 Å². The molecule has 2 amide bonds. The highest BCUT2D eigenvalue weighted by molar-refractivity contribution is 5.75. The van der Waals surface area contributed by atoms with E-state index < -0.39 is 0 Å². The van der Waals surface area contributed by atoms with Crippen LogP contribution in [0.15, 0.2) is 0 Å². The van der Waals surface area contributed by atoms with Crippen LogP contribution in [0.4, 0.5) is 4.79 Å². The van der Waals surface area contributed by atoms with Crippen molar-refractivity contribution in [1.82, 2.24) is 10.6 Å². The minimum Gasteiger partial charge on any atom is -0.381 e. The van der Waals surface area contributed by atoms with Crippen LogP contribution in [0.25, 0.3) is 0 Å². The molecule has 1 unspecified atom stereocenters. The van der Waals surface area contributed by atoms with Crippen LogP contribution in [-0.2, 0) is 4.74 Å². The monoisotopic (exact) mass is 354 g/mol. The number of rotatable bonds is 11. The first-order chi connectivity index (χ1) is 11.9. The number of urea groups is 1. The lowest BCUT2D eigenvalue weighted by Crippen LogP contribution is -2.54. The highest BCUT2D eigenvalue weighted by atomic mass is 16.5. The van der Waals surface area contributed by atoms with Crippen LogP contribution in [0.2, 0.25) is 0 Å². The zero-order valence-corrected chi connectivity index (χ0v) is 17.4. The molecule has 1 fully saturated rings. The average molecular weight is 355 g/mol. The Morgan fingerprint density at radius 2 is 1.68 bits per heavy atom. The SMILES string of the molecule is CCCC(C)NC(=O)NC(CCC)(CCC)CCC1(C)CCOCC1. The zero-order chi connectivity index (χ0) is 18.8. The zero-order valence-electron chi connectivity index (χ0n) is 17.4. The predicted octanol–water partition coefficient (Wildman–Crippen LogP) is 5.41. The lowest BCUT2D eigenvalue weighted by atomic mass is 9.73. The van der Waals surface area contributed by atoms with E-state index in [1.807, 2.05) is 0 Å². The molecule has 0 aromatic rings. The third kappa shape index (κ3) is 7.98. The van der Waals surface area contributed by atoms with Gasteiger partial charge in [0.25, 0.3) is 0 Å². The first kappa shape index (κ1) is 22.3. The van der Waals surface area contributed by atoms with Gasteiger partial charge in [-0.3, -0.25) is 0 Å². The molecular weight excluding hydrogens is 312 g/mol. The van der Waals surface area contributed by atoms with Crippen molar-refractivity contribution >= 4 is 6.03 Å². The van der Waals surface area contributed by atoms with Crippen LogP contribution in [0, 0.1) is 5.41 Å². The Morgan fingerprint density at radius 1 is 1.08 bits per heavy atom. The van der Waals surface area contributed by atoms with Crippen molar-refractivity contribution < 1.29 is 9.53 Å². The van der Waals surface area contributed by atoms with Gasteiger partial charge in [0.05, 0.1) is 0 Å². The molecule has 1 aliphatic heterocycles. The summed E-state index contributed by atoms with van der Waals surface area (Å²) in [5.41, 5.74) is 0.291. The summed E-state index contributed by atoms with van der Waals surface area (Å²) in [5.74, 6) is 0. The van der Waals surface area contributed by atoms with Crippen molar-refractivity contribution in [2.75, 3.05) is 13.2 Å². The fraction of sp³-hybridized carbons (Fsp3) is 0.952. The van der Waals surface area contributed by atoms with Crippen LogP contribution in [0.1, 0.15) is 98.8 Å². The van der Waals surface area contributed by atoms with Gasteiger partial charge < -0.3 is 15.4 Å². The third-order valence-corrected chi connectivity index (χ3v) is 5.84. The van der Waals surface area contributed by atoms with Crippen LogP contribution in [0.5, 0.6) is 0 Å². The van der Waals surface area contributed by atoms with Gasteiger partial charge in [-0.15, -0.1) is 0 Å². The molecule has 1 heterocycles. The fourth-order valence-corrected chi connectivity index (χ4v) is 4.18. The number of hydrogen-bond acceptors (Lipinski definition) is 2. The number of ether oxygens (including phenoxy) is 1. The lowest BCUT2D eigenvalue weighted by Gasteiger charge is -2.40. The number of carbonyl (C=O) groups excluding carboxylic acids is 1. The Bertz CT molecular complexity index is 372. The van der Waals surface area contributed by atoms with E-state index in [0.717, 1.165) is 71.0 Å². The molecule has 4 heteroatoms. The summed E-state index contributed by atoms with van der Waals surface area (Å²) >= 11 is 0. The Morgan fingerprint density at radius 3 is 2.20 bits per heavy atom. The molecule has 0 saturated carbocycles. The number of hydrogen-bond donors (Lipinski definition) is 2. The van der Waals surface area contributed by atoms with Crippen molar-refractivity contribution in [2.24, 2.45) is 5.41 Å². The van der Waals surface area contributed by atoms with E-state index in [9.17, 15) is 4.79 Å². The number of carbonyl (C=O) groups is 1. The molecular formula is C21H42N2O2. The molecule has 1 saturated heterocycles. The first-order valence-electron chi connectivity index (χ1n) is 10.5. The predicted molar refractivity (Wildman–Crippen MR) is 106 cm³/mol. The second-order valence-electron chi connectivity index (χ2n) is 8.49. The van der Waals surface area contributed by atoms with Crippen molar-refractivity contribution in [3.63, 3.8) is 0 Å². The van der Waals surface area contributed by atoms with E-state index in [0.29, 0.717) is 5.41 Å². The Hall–Kier alpha value is -0.770. The van der Waals surface area contributed by atoms with E-state index in [1.54, 1.807) is 0 Å². The van der Waals surface area contributed by atoms with Gasteiger partial charge in [-0.1, -0.05) is 47.0 Å². The van der Waals surface area contributed by atoms with Gasteiger partial charge in [0, 0.05) is 24.8 Å². The normalized spacial score (nSPS) is 18.6. The van der Waals surface area contributed by atoms with E-state index >= 15 is 0 Å². The smallest absolute Gasteiger partial charge is 0.315 e. The van der Waals surface area contributed by atoms with Gasteiger partial charge in [0.1, 0.15) is 0 Å². The molecule has 0 aromatic carbocycles. The summed E-state index contributed by atoms with van der Waals surface area (Å²) in [5, 5.41) is 6.53. The molecule has 0 bridgehead atoms. The maximum Gasteiger partial charge on any atom is 0.315 e. The molecule has 148 valence electrons. The van der Waals surface area contributed by atoms with E-state index in [1.165, 1.54) is 6.42 Å². The number of amides is 2. The van der Waals surface area contributed by atoms with Crippen molar-refractivity contribution in [2.45, 2.75) is 110 Å². The summed E-state index contributed by atoms with van der Waals surface area (Å²) in [6.07, 6.45) is 11.0. The van der Waals surface area contributed by atoms with Crippen molar-refractivity contribution in [3.05, 3.63) is 0 Å². The maximum atomic E-state index is 12.6. The first-order valence-corrected chi connectivity index (χ1v) is 10.5. The maximum absolute atomic E-state index is 12.6. The van der Waals surface area contributed by atoms with Gasteiger partial charge in [-0.2, -0.15) is 0 Å². The minimum atomic E-state index is -0.0686. The summed E-state index contributed by atoms with van der Waals surface area (Å²) in [6, 6.07) is 0.249. The lowest BCUT2D eigenvalue weighted by molar-refractivity contribution is 0.0143. The van der Waals surface area contributed by atoms with E-state index in [2.05, 4.69) is 45.3 Å². The topological polar surface area (TPSA) is 50.4 Å². The molecule has 1 aliphatic rings. The average Bonchev–Trinajstić information content (AvgIpc) is 2.54. The highest BCUT2D eigenvalue weighted by Gasteiger charge is 2.35. The van der Waals surface area contributed by atoms with E-state index in [-0.39, 0.29) is 17.6 Å². The van der Waals surface area contributed by atoms with Crippen LogP contribution in [-0.4, -0.2) is 30.8 Å². The van der Waals surface area contributed by atoms with Crippen LogP contribution < -0.4 is 10.6 Å². The molecule has 25 heavy (non-hydrogen) atoms. The molecule has 4 nitrogen and oxygen atoms in total.